The number of anilines is 1. The van der Waals surface area contributed by atoms with Gasteiger partial charge in [0.2, 0.25) is 10.0 Å². The maximum absolute atomic E-state index is 13.2. The van der Waals surface area contributed by atoms with E-state index in [1.165, 1.54) is 6.07 Å². The lowest BCUT2D eigenvalue weighted by Gasteiger charge is -2.09. The number of thiazole rings is 1. The van der Waals surface area contributed by atoms with Crippen LogP contribution in [0, 0.1) is 0 Å². The number of sulfonamides is 1. The van der Waals surface area contributed by atoms with Gasteiger partial charge in [0.15, 0.2) is 9.61 Å². The summed E-state index contributed by atoms with van der Waals surface area (Å²) in [7, 11) is -3.97. The molecule has 0 fully saturated rings. The Morgan fingerprint density at radius 2 is 1.92 bits per heavy atom. The zero-order chi connectivity index (χ0) is 25.5. The third kappa shape index (κ3) is 5.04. The summed E-state index contributed by atoms with van der Waals surface area (Å²) >= 11 is 3.70. The van der Waals surface area contributed by atoms with Gasteiger partial charge in [0.25, 0.3) is 0 Å². The number of hydrogen-bond acceptors (Lipinski definition) is 6. The second-order valence-corrected chi connectivity index (χ2v) is 11.9. The minimum Gasteiger partial charge on any atom is -0.455 e. The number of furan rings is 1. The smallest absolute Gasteiger partial charge is 0.434 e. The number of alkyl halides is 3. The van der Waals surface area contributed by atoms with Crippen LogP contribution in [0.2, 0.25) is 0 Å². The number of hydrogen-bond donors (Lipinski definition) is 2. The second kappa shape index (κ2) is 9.37. The predicted molar refractivity (Wildman–Crippen MR) is 135 cm³/mol. The molecule has 2 N–H and O–H groups in total. The molecule has 0 unspecified atom stereocenters. The summed E-state index contributed by atoms with van der Waals surface area (Å²) in [5.74, 6) is 0.613. The van der Waals surface area contributed by atoms with Gasteiger partial charge in [-0.05, 0) is 34.5 Å². The lowest BCUT2D eigenvalue weighted by molar-refractivity contribution is -0.141. The number of halogens is 4. The molecule has 0 radical (unpaired) electrons. The van der Waals surface area contributed by atoms with Crippen LogP contribution in [0.3, 0.4) is 0 Å². The summed E-state index contributed by atoms with van der Waals surface area (Å²) in [4.78, 5) is 10.7. The van der Waals surface area contributed by atoms with Crippen LogP contribution >= 0.6 is 27.3 Å². The molecule has 5 aromatic rings. The molecule has 0 saturated heterocycles. The molecular formula is C23H16BrF3N4O3S2. The second-order valence-electron chi connectivity index (χ2n) is 7.73. The summed E-state index contributed by atoms with van der Waals surface area (Å²) in [5, 5.41) is 0.719. The third-order valence-corrected chi connectivity index (χ3v) is 8.13. The van der Waals surface area contributed by atoms with Crippen molar-refractivity contribution in [1.82, 2.24) is 15.0 Å². The zero-order valence-corrected chi connectivity index (χ0v) is 21.4. The third-order valence-electron chi connectivity index (χ3n) is 5.27. The van der Waals surface area contributed by atoms with E-state index in [4.69, 9.17) is 4.42 Å². The number of imidazole rings is 1. The maximum atomic E-state index is 13.2. The van der Waals surface area contributed by atoms with Gasteiger partial charge in [0.1, 0.15) is 17.2 Å². The van der Waals surface area contributed by atoms with Crippen LogP contribution in [0.1, 0.15) is 10.6 Å². The highest BCUT2D eigenvalue weighted by atomic mass is 79.9. The fraction of sp³-hybridized carbons (Fsp3) is 0.130. The van der Waals surface area contributed by atoms with E-state index in [-0.39, 0.29) is 20.9 Å². The molecule has 2 aromatic carbocycles. The average Bonchev–Trinajstić information content (AvgIpc) is 3.55. The van der Waals surface area contributed by atoms with E-state index in [1.54, 1.807) is 24.5 Å². The van der Waals surface area contributed by atoms with E-state index < -0.39 is 27.6 Å². The van der Waals surface area contributed by atoms with E-state index in [0.717, 1.165) is 27.8 Å². The van der Waals surface area contributed by atoms with Gasteiger partial charge in [-0.3, -0.25) is 4.72 Å². The number of aromatic nitrogens is 3. The molecule has 0 aliphatic rings. The van der Waals surface area contributed by atoms with Gasteiger partial charge in [0.05, 0.1) is 17.0 Å². The number of nitrogens with one attached hydrogen (secondary N) is 2. The highest BCUT2D eigenvalue weighted by molar-refractivity contribution is 9.11. The van der Waals surface area contributed by atoms with Gasteiger partial charge in [0, 0.05) is 34.3 Å². The van der Waals surface area contributed by atoms with E-state index in [2.05, 4.69) is 35.6 Å². The quantitative estimate of drug-likeness (QED) is 0.217. The summed E-state index contributed by atoms with van der Waals surface area (Å²) < 4.78 is 73.5. The maximum Gasteiger partial charge on any atom is 0.434 e. The minimum absolute atomic E-state index is 0.0417. The van der Waals surface area contributed by atoms with E-state index >= 15 is 0 Å². The Morgan fingerprint density at radius 3 is 2.61 bits per heavy atom. The number of benzene rings is 2. The van der Waals surface area contributed by atoms with E-state index in [9.17, 15) is 21.6 Å². The van der Waals surface area contributed by atoms with Crippen LogP contribution in [0.25, 0.3) is 33.7 Å². The minimum atomic E-state index is -4.67. The molecule has 0 saturated carbocycles. The molecule has 0 bridgehead atoms. The van der Waals surface area contributed by atoms with Crippen molar-refractivity contribution >= 4 is 53.9 Å². The molecule has 3 aromatic heterocycles. The molecule has 5 rings (SSSR count). The number of nitrogens with zero attached hydrogens (tertiary/aromatic N) is 2. The number of fused-ring (bicyclic) bond motifs is 1. The number of rotatable bonds is 7. The Balaban J connectivity index is 1.43. The molecule has 36 heavy (non-hydrogen) atoms. The van der Waals surface area contributed by atoms with Crippen molar-refractivity contribution in [3.63, 3.8) is 0 Å². The molecule has 0 aliphatic heterocycles. The molecule has 0 atom stereocenters. The van der Waals surface area contributed by atoms with Gasteiger partial charge < -0.3 is 9.40 Å². The molecule has 0 aliphatic carbocycles. The zero-order valence-electron chi connectivity index (χ0n) is 18.1. The first-order valence-corrected chi connectivity index (χ1v) is 13.7. The van der Waals surface area contributed by atoms with Gasteiger partial charge >= 0.3 is 6.18 Å². The summed E-state index contributed by atoms with van der Waals surface area (Å²) in [6, 6.07) is 14.2. The normalized spacial score (nSPS) is 12.3. The van der Waals surface area contributed by atoms with Crippen LogP contribution in [-0.2, 0) is 22.6 Å². The van der Waals surface area contributed by atoms with Crippen molar-refractivity contribution in [1.29, 1.82) is 0 Å². The first-order valence-electron chi connectivity index (χ1n) is 10.5. The standard InChI is InChI=1S/C23H16BrF3N4O3S2/c24-22-30-20(23(25,26)27)17(35-22)8-11-36(32,33)31-14-6-7-15-16(12-14)34-19(13-4-2-1-3-5-13)18(15)21-28-9-10-29-21/h1-7,9-10,12,31H,8,11H2,(H,28,29). The van der Waals surface area contributed by atoms with Gasteiger partial charge in [-0.1, -0.05) is 30.3 Å². The monoisotopic (exact) mass is 596 g/mol. The van der Waals surface area contributed by atoms with Crippen LogP contribution in [0.4, 0.5) is 18.9 Å². The van der Waals surface area contributed by atoms with E-state index in [0.29, 0.717) is 17.2 Å². The number of aromatic amines is 1. The number of H-pyrrole nitrogens is 1. The van der Waals surface area contributed by atoms with Crippen LogP contribution < -0.4 is 4.72 Å². The fourth-order valence-corrected chi connectivity index (χ4v) is 6.52. The van der Waals surface area contributed by atoms with Gasteiger partial charge in [-0.2, -0.15) is 13.2 Å². The highest BCUT2D eigenvalue weighted by Gasteiger charge is 2.37. The van der Waals surface area contributed by atoms with Crippen molar-refractivity contribution < 1.29 is 26.0 Å². The van der Waals surface area contributed by atoms with Crippen molar-refractivity contribution in [2.24, 2.45) is 0 Å². The van der Waals surface area contributed by atoms with Gasteiger partial charge in [-0.25, -0.2) is 18.4 Å². The molecule has 0 spiro atoms. The van der Waals surface area contributed by atoms with Crippen molar-refractivity contribution in [2.45, 2.75) is 12.6 Å². The van der Waals surface area contributed by atoms with Gasteiger partial charge in [-0.15, -0.1) is 11.3 Å². The topological polar surface area (TPSA) is 101 Å². The van der Waals surface area contributed by atoms with Crippen LogP contribution in [0.5, 0.6) is 0 Å². The molecule has 13 heteroatoms. The Kier molecular flexibility index (Phi) is 6.39. The Morgan fingerprint density at radius 1 is 1.14 bits per heavy atom. The summed E-state index contributed by atoms with van der Waals surface area (Å²) in [6.07, 6.45) is -1.69. The SMILES string of the molecule is O=S(=O)(CCc1sc(Br)nc1C(F)(F)F)Nc1ccc2c(-c3ncc[nH]3)c(-c3ccccc3)oc2c1. The molecule has 186 valence electrons. The van der Waals surface area contributed by atoms with Crippen LogP contribution in [-0.4, -0.2) is 29.1 Å². The molecule has 7 nitrogen and oxygen atoms in total. The highest BCUT2D eigenvalue weighted by Crippen LogP contribution is 2.40. The summed E-state index contributed by atoms with van der Waals surface area (Å²) in [5.41, 5.74) is 1.12. The number of aryl methyl sites for hydroxylation is 1. The lowest BCUT2D eigenvalue weighted by Crippen LogP contribution is -2.19. The van der Waals surface area contributed by atoms with Crippen molar-refractivity contribution in [2.75, 3.05) is 10.5 Å². The largest absolute Gasteiger partial charge is 0.455 e. The summed E-state index contributed by atoms with van der Waals surface area (Å²) in [6.45, 7) is 0. The average molecular weight is 597 g/mol. The Hall–Kier alpha value is -3.16. The fourth-order valence-electron chi connectivity index (χ4n) is 3.76. The predicted octanol–water partition coefficient (Wildman–Crippen LogP) is 6.71. The first-order chi connectivity index (χ1) is 17.1. The lowest BCUT2D eigenvalue weighted by atomic mass is 10.0. The Labute approximate surface area is 215 Å². The van der Waals surface area contributed by atoms with Crippen LogP contribution in [0.15, 0.2) is 69.3 Å². The Bertz CT molecular complexity index is 1630. The van der Waals surface area contributed by atoms with Crippen molar-refractivity contribution in [3.8, 4) is 22.7 Å². The van der Waals surface area contributed by atoms with E-state index in [1.807, 2.05) is 30.3 Å². The molecular weight excluding hydrogens is 581 g/mol. The first kappa shape index (κ1) is 24.5. The molecule has 3 heterocycles. The van der Waals surface area contributed by atoms with Crippen molar-refractivity contribution in [3.05, 3.63) is 75.4 Å². The molecule has 0 amide bonds.